The second kappa shape index (κ2) is 7.03. The van der Waals surface area contributed by atoms with E-state index in [1.54, 1.807) is 4.31 Å². The number of anilines is 1. The van der Waals surface area contributed by atoms with Crippen LogP contribution in [0, 0.1) is 11.3 Å². The van der Waals surface area contributed by atoms with E-state index in [2.05, 4.69) is 11.6 Å². The van der Waals surface area contributed by atoms with Crippen molar-refractivity contribution in [3.63, 3.8) is 0 Å². The minimum absolute atomic E-state index is 0.0840. The SMILES string of the molecule is C=CC1(CO)CCN(c2ncc(S(=O)(=O)N3CC4CCC3C4)cc2Cl)CC1. The molecule has 2 unspecified atom stereocenters. The lowest BCUT2D eigenvalue weighted by molar-refractivity contribution is 0.141. The number of sulfonamides is 1. The smallest absolute Gasteiger partial charge is 0.244 e. The van der Waals surface area contributed by atoms with Crippen molar-refractivity contribution >= 4 is 27.4 Å². The number of hydrogen-bond acceptors (Lipinski definition) is 5. The monoisotopic (exact) mass is 411 g/mol. The Kier molecular flexibility index (Phi) is 4.99. The van der Waals surface area contributed by atoms with Gasteiger partial charge in [-0.05, 0) is 44.1 Å². The summed E-state index contributed by atoms with van der Waals surface area (Å²) in [6.45, 7) is 5.93. The van der Waals surface area contributed by atoms with Gasteiger partial charge in [0.15, 0.2) is 0 Å². The summed E-state index contributed by atoms with van der Waals surface area (Å²) in [5.74, 6) is 1.10. The van der Waals surface area contributed by atoms with Crippen molar-refractivity contribution in [3.8, 4) is 0 Å². The number of nitrogens with zero attached hydrogens (tertiary/aromatic N) is 3. The maximum Gasteiger partial charge on any atom is 0.244 e. The van der Waals surface area contributed by atoms with Gasteiger partial charge in [-0.3, -0.25) is 0 Å². The highest BCUT2D eigenvalue weighted by Gasteiger charge is 2.44. The summed E-state index contributed by atoms with van der Waals surface area (Å²) in [5.41, 5.74) is -0.249. The molecular weight excluding hydrogens is 386 g/mol. The second-order valence-corrected chi connectivity index (χ2v) is 10.4. The number of aromatic nitrogens is 1. The molecule has 1 aromatic heterocycles. The van der Waals surface area contributed by atoms with E-state index in [-0.39, 0.29) is 23.0 Å². The maximum atomic E-state index is 13.0. The number of pyridine rings is 1. The van der Waals surface area contributed by atoms with Crippen molar-refractivity contribution in [2.75, 3.05) is 31.1 Å². The Morgan fingerprint density at radius 2 is 2.11 bits per heavy atom. The van der Waals surface area contributed by atoms with E-state index in [1.807, 2.05) is 11.0 Å². The van der Waals surface area contributed by atoms with Crippen LogP contribution in [0.25, 0.3) is 0 Å². The Morgan fingerprint density at radius 3 is 2.63 bits per heavy atom. The summed E-state index contributed by atoms with van der Waals surface area (Å²) >= 11 is 6.44. The first-order valence-electron chi connectivity index (χ1n) is 9.55. The molecule has 2 atom stereocenters. The van der Waals surface area contributed by atoms with Gasteiger partial charge in [0.2, 0.25) is 10.0 Å². The standard InChI is InChI=1S/C19H26ClN3O3S/c1-2-19(13-24)5-7-22(8-6-19)18-17(20)10-16(11-21-18)27(25,26)23-12-14-3-4-15(23)9-14/h2,10-11,14-15,24H,1,3-9,12-13H2. The van der Waals surface area contributed by atoms with Gasteiger partial charge in [-0.25, -0.2) is 13.4 Å². The molecule has 148 valence electrons. The molecule has 3 heterocycles. The van der Waals surface area contributed by atoms with Gasteiger partial charge in [0.05, 0.1) is 11.6 Å². The fourth-order valence-corrected chi connectivity index (χ4v) is 6.75. The molecule has 6 nitrogen and oxygen atoms in total. The third-order valence-electron chi connectivity index (χ3n) is 6.57. The van der Waals surface area contributed by atoms with Crippen LogP contribution in [0.3, 0.4) is 0 Å². The number of aliphatic hydroxyl groups is 1. The number of aliphatic hydroxyl groups excluding tert-OH is 1. The third kappa shape index (κ3) is 3.28. The van der Waals surface area contributed by atoms with Crippen molar-refractivity contribution in [2.45, 2.75) is 43.0 Å². The van der Waals surface area contributed by atoms with Crippen molar-refractivity contribution < 1.29 is 13.5 Å². The van der Waals surface area contributed by atoms with E-state index >= 15 is 0 Å². The number of piperidine rings is 2. The van der Waals surface area contributed by atoms with Crippen molar-refractivity contribution in [3.05, 3.63) is 29.9 Å². The number of hydrogen-bond donors (Lipinski definition) is 1. The molecule has 27 heavy (non-hydrogen) atoms. The molecule has 2 saturated heterocycles. The van der Waals surface area contributed by atoms with E-state index in [4.69, 9.17) is 11.6 Å². The first-order valence-corrected chi connectivity index (χ1v) is 11.4. The van der Waals surface area contributed by atoms with Gasteiger partial charge >= 0.3 is 0 Å². The van der Waals surface area contributed by atoms with Crippen LogP contribution in [-0.2, 0) is 10.0 Å². The second-order valence-electron chi connectivity index (χ2n) is 8.10. The summed E-state index contributed by atoms with van der Waals surface area (Å²) in [6.07, 6.45) is 7.85. The summed E-state index contributed by atoms with van der Waals surface area (Å²) in [4.78, 5) is 6.63. The van der Waals surface area contributed by atoms with Crippen LogP contribution < -0.4 is 4.90 Å². The van der Waals surface area contributed by atoms with Gasteiger partial charge in [0.25, 0.3) is 0 Å². The highest BCUT2D eigenvalue weighted by atomic mass is 35.5. The van der Waals surface area contributed by atoms with Crippen LogP contribution in [0.2, 0.25) is 5.02 Å². The molecule has 1 saturated carbocycles. The molecule has 3 aliphatic rings. The lowest BCUT2D eigenvalue weighted by Gasteiger charge is -2.39. The van der Waals surface area contributed by atoms with Crippen LogP contribution in [0.4, 0.5) is 5.82 Å². The molecule has 2 bridgehead atoms. The van der Waals surface area contributed by atoms with E-state index in [1.165, 1.54) is 12.3 Å². The van der Waals surface area contributed by atoms with Crippen molar-refractivity contribution in [1.29, 1.82) is 0 Å². The fraction of sp³-hybridized carbons (Fsp3) is 0.632. The Hall–Kier alpha value is -1.15. The molecule has 3 fully saturated rings. The van der Waals surface area contributed by atoms with E-state index in [0.717, 1.165) is 32.1 Å². The number of fused-ring (bicyclic) bond motifs is 2. The van der Waals surface area contributed by atoms with Crippen molar-refractivity contribution in [2.24, 2.45) is 11.3 Å². The molecule has 4 rings (SSSR count). The predicted molar refractivity (Wildman–Crippen MR) is 105 cm³/mol. The topological polar surface area (TPSA) is 73.7 Å². The van der Waals surface area contributed by atoms with E-state index < -0.39 is 10.0 Å². The molecular formula is C19H26ClN3O3S. The molecule has 0 spiro atoms. The third-order valence-corrected chi connectivity index (χ3v) is 8.73. The first-order chi connectivity index (χ1) is 12.9. The summed E-state index contributed by atoms with van der Waals surface area (Å²) in [6, 6.07) is 1.66. The van der Waals surface area contributed by atoms with Gasteiger partial charge in [-0.1, -0.05) is 17.7 Å². The minimum atomic E-state index is -3.54. The normalized spacial score (nSPS) is 27.9. The lowest BCUT2D eigenvalue weighted by atomic mass is 9.79. The van der Waals surface area contributed by atoms with Gasteiger partial charge in [-0.2, -0.15) is 4.31 Å². The zero-order valence-electron chi connectivity index (χ0n) is 15.3. The van der Waals surface area contributed by atoms with Gasteiger partial charge in [0.1, 0.15) is 10.7 Å². The summed E-state index contributed by atoms with van der Waals surface area (Å²) in [7, 11) is -3.54. The zero-order chi connectivity index (χ0) is 19.2. The van der Waals surface area contributed by atoms with Crippen LogP contribution >= 0.6 is 11.6 Å². The first kappa shape index (κ1) is 19.2. The Morgan fingerprint density at radius 1 is 1.37 bits per heavy atom. The van der Waals surface area contributed by atoms with Crippen molar-refractivity contribution in [1.82, 2.24) is 9.29 Å². The quantitative estimate of drug-likeness (QED) is 0.754. The van der Waals surface area contributed by atoms with Crippen LogP contribution in [0.1, 0.15) is 32.1 Å². The Labute approximate surface area is 165 Å². The molecule has 0 aromatic carbocycles. The molecule has 8 heteroatoms. The minimum Gasteiger partial charge on any atom is -0.395 e. The molecule has 0 radical (unpaired) electrons. The zero-order valence-corrected chi connectivity index (χ0v) is 16.9. The highest BCUT2D eigenvalue weighted by molar-refractivity contribution is 7.89. The molecule has 1 aliphatic carbocycles. The largest absolute Gasteiger partial charge is 0.395 e. The average molecular weight is 412 g/mol. The van der Waals surface area contributed by atoms with E-state index in [9.17, 15) is 13.5 Å². The highest BCUT2D eigenvalue weighted by Crippen LogP contribution is 2.41. The van der Waals surface area contributed by atoms with Crippen LogP contribution in [0.15, 0.2) is 29.8 Å². The Bertz CT molecular complexity index is 837. The predicted octanol–water partition coefficient (Wildman–Crippen LogP) is 2.67. The van der Waals surface area contributed by atoms with Gasteiger partial charge < -0.3 is 10.0 Å². The van der Waals surface area contributed by atoms with E-state index in [0.29, 0.717) is 36.4 Å². The maximum absolute atomic E-state index is 13.0. The Balaban J connectivity index is 1.53. The van der Waals surface area contributed by atoms with Gasteiger partial charge in [0, 0.05) is 37.3 Å². The summed E-state index contributed by atoms with van der Waals surface area (Å²) in [5, 5.41) is 9.98. The van der Waals surface area contributed by atoms with Crippen LogP contribution in [0.5, 0.6) is 0 Å². The molecule has 2 aliphatic heterocycles. The molecule has 0 amide bonds. The van der Waals surface area contributed by atoms with Crippen LogP contribution in [-0.4, -0.2) is 55.1 Å². The fourth-order valence-electron chi connectivity index (χ4n) is 4.69. The number of rotatable bonds is 5. The lowest BCUT2D eigenvalue weighted by Crippen LogP contribution is -2.41. The molecule has 1 aromatic rings. The molecule has 1 N–H and O–H groups in total. The van der Waals surface area contributed by atoms with Gasteiger partial charge in [-0.15, -0.1) is 6.58 Å². The average Bonchev–Trinajstić information content (AvgIpc) is 3.32. The summed E-state index contributed by atoms with van der Waals surface area (Å²) < 4.78 is 27.6. The number of halogens is 1.